The molecular formula is C28H27F11N6O3. The van der Waals surface area contributed by atoms with Crippen molar-refractivity contribution in [1.82, 2.24) is 25.6 Å². The molecule has 1 unspecified atom stereocenters. The van der Waals surface area contributed by atoms with E-state index >= 15 is 0 Å². The summed E-state index contributed by atoms with van der Waals surface area (Å²) in [5, 5.41) is 6.90. The minimum Gasteiger partial charge on any atom is -0.471 e. The van der Waals surface area contributed by atoms with Gasteiger partial charge in [-0.3, -0.25) is 9.59 Å². The molecule has 264 valence electrons. The van der Waals surface area contributed by atoms with Crippen molar-refractivity contribution in [1.29, 1.82) is 0 Å². The second-order valence-electron chi connectivity index (χ2n) is 11.0. The molecule has 0 radical (unpaired) electrons. The van der Waals surface area contributed by atoms with E-state index in [9.17, 15) is 57.9 Å². The number of benzene rings is 1. The number of rotatable bonds is 10. The number of aromatic nitrogens is 3. The number of imidazole rings is 1. The minimum absolute atomic E-state index is 0.0113. The Kier molecular flexibility index (Phi) is 10.6. The Balaban J connectivity index is 1.59. The fraction of sp³-hybridized carbons (Fsp3) is 0.500. The number of carbonyl (C=O) groups is 2. The molecule has 0 spiro atoms. The molecule has 4 rings (SSSR count). The lowest BCUT2D eigenvalue weighted by Gasteiger charge is -2.30. The normalized spacial score (nSPS) is 18.1. The van der Waals surface area contributed by atoms with Crippen LogP contribution in [0.15, 0.2) is 24.3 Å². The maximum atomic E-state index is 13.8. The van der Waals surface area contributed by atoms with E-state index in [1.165, 1.54) is 0 Å². The number of nitrogens with zero attached hydrogens (tertiary/aromatic N) is 2. The second-order valence-corrected chi connectivity index (χ2v) is 11.0. The summed E-state index contributed by atoms with van der Waals surface area (Å²) in [6.45, 7) is -1.15. The molecular weight excluding hydrogens is 677 g/mol. The molecule has 2 aromatic heterocycles. The van der Waals surface area contributed by atoms with Crippen molar-refractivity contribution >= 4 is 34.6 Å². The van der Waals surface area contributed by atoms with Crippen LogP contribution in [0.3, 0.4) is 0 Å². The largest absolute Gasteiger partial charge is 0.471 e. The summed E-state index contributed by atoms with van der Waals surface area (Å²) >= 11 is 0. The molecule has 3 aromatic rings. The number of hydrogen-bond acceptors (Lipinski definition) is 6. The first-order valence-electron chi connectivity index (χ1n) is 14.2. The van der Waals surface area contributed by atoms with Crippen molar-refractivity contribution in [3.63, 3.8) is 0 Å². The van der Waals surface area contributed by atoms with Gasteiger partial charge in [-0.1, -0.05) is 6.07 Å². The predicted octanol–water partition coefficient (Wildman–Crippen LogP) is 7.03. The number of aromatic amines is 1. The van der Waals surface area contributed by atoms with Gasteiger partial charge in [0.15, 0.2) is 12.3 Å². The number of fused-ring (bicyclic) bond motifs is 1. The molecule has 2 amide bonds. The zero-order valence-corrected chi connectivity index (χ0v) is 24.6. The number of H-pyrrole nitrogens is 1. The first kappa shape index (κ1) is 36.4. The molecule has 2 heterocycles. The molecule has 1 aromatic carbocycles. The Morgan fingerprint density at radius 3 is 2.23 bits per heavy atom. The number of halogens is 11. The lowest BCUT2D eigenvalue weighted by atomic mass is 9.85. The summed E-state index contributed by atoms with van der Waals surface area (Å²) in [7, 11) is 0. The Labute approximate surface area is 264 Å². The van der Waals surface area contributed by atoms with Crippen LogP contribution in [-0.4, -0.2) is 58.2 Å². The molecule has 0 aliphatic heterocycles. The topological polar surface area (TPSA) is 121 Å². The van der Waals surface area contributed by atoms with Crippen LogP contribution in [0.4, 0.5) is 59.9 Å². The SMILES string of the molecule is CC(C(=O)NCc1ccc(C(F)(F)F)c(Nc2nc3nc(OCC(F)F)c(C(=O)NC4CCC(C(F)(F)F)CC4)cc3[nH]2)c1)C(F)(F)F. The number of alkyl halides is 11. The summed E-state index contributed by atoms with van der Waals surface area (Å²) in [6.07, 6.45) is -17.7. The first-order valence-corrected chi connectivity index (χ1v) is 14.2. The Morgan fingerprint density at radius 1 is 0.979 bits per heavy atom. The lowest BCUT2D eigenvalue weighted by molar-refractivity contribution is -0.182. The van der Waals surface area contributed by atoms with Crippen LogP contribution in [0.5, 0.6) is 5.88 Å². The molecule has 1 aliphatic carbocycles. The van der Waals surface area contributed by atoms with Gasteiger partial charge in [0.05, 0.1) is 22.7 Å². The summed E-state index contributed by atoms with van der Waals surface area (Å²) in [5.41, 5.74) is -2.66. The van der Waals surface area contributed by atoms with E-state index in [-0.39, 0.29) is 42.4 Å². The van der Waals surface area contributed by atoms with Gasteiger partial charge in [-0.25, -0.2) is 8.78 Å². The maximum Gasteiger partial charge on any atom is 0.418 e. The van der Waals surface area contributed by atoms with Gasteiger partial charge in [0.25, 0.3) is 12.3 Å². The Hall–Kier alpha value is -4.39. The third kappa shape index (κ3) is 9.15. The number of ether oxygens (including phenoxy) is 1. The summed E-state index contributed by atoms with van der Waals surface area (Å²) in [5.74, 6) is -7.23. The van der Waals surface area contributed by atoms with Crippen molar-refractivity contribution in [2.45, 2.75) is 70.1 Å². The maximum absolute atomic E-state index is 13.8. The highest BCUT2D eigenvalue weighted by molar-refractivity contribution is 5.99. The van der Waals surface area contributed by atoms with Crippen molar-refractivity contribution < 1.29 is 62.6 Å². The third-order valence-corrected chi connectivity index (χ3v) is 7.55. The van der Waals surface area contributed by atoms with Gasteiger partial charge in [0.1, 0.15) is 11.5 Å². The van der Waals surface area contributed by atoms with Crippen molar-refractivity contribution in [3.8, 4) is 5.88 Å². The second kappa shape index (κ2) is 14.0. The first-order chi connectivity index (χ1) is 22.2. The monoisotopic (exact) mass is 704 g/mol. The van der Waals surface area contributed by atoms with Gasteiger partial charge >= 0.3 is 18.5 Å². The molecule has 9 nitrogen and oxygen atoms in total. The van der Waals surface area contributed by atoms with E-state index in [4.69, 9.17) is 4.74 Å². The molecule has 0 saturated heterocycles. The minimum atomic E-state index is -4.93. The van der Waals surface area contributed by atoms with Crippen molar-refractivity contribution in [2.75, 3.05) is 11.9 Å². The zero-order chi connectivity index (χ0) is 35.6. The van der Waals surface area contributed by atoms with Crippen LogP contribution >= 0.6 is 0 Å². The highest BCUT2D eigenvalue weighted by atomic mass is 19.4. The summed E-state index contributed by atoms with van der Waals surface area (Å²) in [6, 6.07) is 2.86. The summed E-state index contributed by atoms with van der Waals surface area (Å²) in [4.78, 5) is 35.4. The molecule has 4 N–H and O–H groups in total. The Morgan fingerprint density at radius 2 is 1.65 bits per heavy atom. The highest BCUT2D eigenvalue weighted by Crippen LogP contribution is 2.39. The van der Waals surface area contributed by atoms with Crippen LogP contribution in [-0.2, 0) is 17.5 Å². The fourth-order valence-electron chi connectivity index (χ4n) is 4.90. The number of hydrogen-bond donors (Lipinski definition) is 4. The molecule has 1 atom stereocenters. The number of anilines is 2. The van der Waals surface area contributed by atoms with Crippen LogP contribution in [0.1, 0.15) is 54.1 Å². The lowest BCUT2D eigenvalue weighted by Crippen LogP contribution is -2.40. The van der Waals surface area contributed by atoms with Gasteiger partial charge in [0.2, 0.25) is 17.7 Å². The van der Waals surface area contributed by atoms with Gasteiger partial charge in [-0.15, -0.1) is 0 Å². The van der Waals surface area contributed by atoms with Gasteiger partial charge in [-0.2, -0.15) is 49.5 Å². The van der Waals surface area contributed by atoms with Gasteiger partial charge < -0.3 is 25.7 Å². The highest BCUT2D eigenvalue weighted by Gasteiger charge is 2.42. The van der Waals surface area contributed by atoms with Crippen LogP contribution in [0.25, 0.3) is 11.2 Å². The van der Waals surface area contributed by atoms with E-state index in [0.29, 0.717) is 13.0 Å². The number of carbonyl (C=O) groups excluding carboxylic acids is 2. The van der Waals surface area contributed by atoms with Crippen LogP contribution < -0.4 is 20.7 Å². The quantitative estimate of drug-likeness (QED) is 0.168. The summed E-state index contributed by atoms with van der Waals surface area (Å²) < 4.78 is 150. The third-order valence-electron chi connectivity index (χ3n) is 7.55. The molecule has 20 heteroatoms. The smallest absolute Gasteiger partial charge is 0.418 e. The average molecular weight is 705 g/mol. The number of amides is 2. The average Bonchev–Trinajstić information content (AvgIpc) is 3.37. The molecule has 48 heavy (non-hydrogen) atoms. The fourth-order valence-corrected chi connectivity index (χ4v) is 4.90. The number of nitrogens with one attached hydrogen (secondary N) is 4. The predicted molar refractivity (Wildman–Crippen MR) is 146 cm³/mol. The van der Waals surface area contributed by atoms with E-state index in [1.807, 2.05) is 5.32 Å². The van der Waals surface area contributed by atoms with Gasteiger partial charge in [0, 0.05) is 12.6 Å². The molecule has 0 bridgehead atoms. The Bertz CT molecular complexity index is 1610. The van der Waals surface area contributed by atoms with Crippen LogP contribution in [0.2, 0.25) is 0 Å². The molecule has 1 saturated carbocycles. The van der Waals surface area contributed by atoms with Gasteiger partial charge in [-0.05, 0) is 56.4 Å². The molecule has 1 aliphatic rings. The zero-order valence-electron chi connectivity index (χ0n) is 24.6. The van der Waals surface area contributed by atoms with E-state index in [1.54, 1.807) is 0 Å². The van der Waals surface area contributed by atoms with E-state index in [2.05, 4.69) is 25.6 Å². The molecule has 1 fully saturated rings. The van der Waals surface area contributed by atoms with E-state index in [0.717, 1.165) is 18.2 Å². The van der Waals surface area contributed by atoms with Crippen LogP contribution in [0, 0.1) is 11.8 Å². The van der Waals surface area contributed by atoms with Crippen molar-refractivity contribution in [2.24, 2.45) is 11.8 Å². The van der Waals surface area contributed by atoms with Crippen molar-refractivity contribution in [3.05, 3.63) is 41.0 Å². The van der Waals surface area contributed by atoms with E-state index < -0.39 is 96.4 Å². The number of pyridine rings is 1. The standard InChI is InChI=1S/C28H27F11N6O3/c1-12(26(31,32)33)22(46)40-10-13-2-7-17(28(37,38)39)18(8-13)42-25-43-19-9-16(24(44-21(19)45-25)48-11-20(29)30)23(47)41-15-5-3-14(4-6-15)27(34,35)36/h2,7-9,12,14-15,20H,3-6,10-11H2,1H3,(H,40,46)(H,41,47)(H2,42,43,44,45).